The van der Waals surface area contributed by atoms with Gasteiger partial charge < -0.3 is 30.2 Å². The molecule has 0 amide bonds. The number of imidazole rings is 1. The van der Waals surface area contributed by atoms with Crippen LogP contribution in [0.4, 0.5) is 11.6 Å². The fourth-order valence-corrected chi connectivity index (χ4v) is 5.31. The maximum Gasteiger partial charge on any atom is 0.204 e. The minimum absolute atomic E-state index is 0.183. The summed E-state index contributed by atoms with van der Waals surface area (Å²) in [5, 5.41) is 27.1. The van der Waals surface area contributed by atoms with Gasteiger partial charge in [-0.3, -0.25) is 9.88 Å². The number of pyridine rings is 1. The van der Waals surface area contributed by atoms with Crippen molar-refractivity contribution in [2.75, 3.05) is 56.6 Å². The molecule has 2 aromatic heterocycles. The maximum absolute atomic E-state index is 10.6. The van der Waals surface area contributed by atoms with Gasteiger partial charge in [0, 0.05) is 44.2 Å². The molecule has 1 aliphatic heterocycles. The van der Waals surface area contributed by atoms with Crippen molar-refractivity contribution in [3.63, 3.8) is 0 Å². The van der Waals surface area contributed by atoms with Gasteiger partial charge in [-0.2, -0.15) is 0 Å². The summed E-state index contributed by atoms with van der Waals surface area (Å²) in [6.45, 7) is 10.7. The second-order valence-electron chi connectivity index (χ2n) is 10.8. The van der Waals surface area contributed by atoms with Gasteiger partial charge in [0.05, 0.1) is 30.8 Å². The fraction of sp³-hybridized carbons (Fsp3) is 0.438. The molecule has 9 nitrogen and oxygen atoms in total. The summed E-state index contributed by atoms with van der Waals surface area (Å²) in [4.78, 5) is 12.0. The average molecular weight is 559 g/mol. The molecule has 218 valence electrons. The van der Waals surface area contributed by atoms with Gasteiger partial charge in [-0.15, -0.1) is 0 Å². The number of ether oxygens (including phenoxy) is 1. The number of aromatic nitrogens is 3. The van der Waals surface area contributed by atoms with Crippen molar-refractivity contribution in [1.29, 1.82) is 0 Å². The Bertz CT molecular complexity index is 1450. The van der Waals surface area contributed by atoms with Crippen LogP contribution in [-0.2, 0) is 24.2 Å². The molecule has 0 spiro atoms. The first-order valence-electron chi connectivity index (χ1n) is 14.6. The summed E-state index contributed by atoms with van der Waals surface area (Å²) >= 11 is 0. The summed E-state index contributed by atoms with van der Waals surface area (Å²) in [6, 6.07) is 16.3. The number of aromatic hydroxyl groups is 1. The first-order chi connectivity index (χ1) is 20.0. The maximum atomic E-state index is 10.6. The highest BCUT2D eigenvalue weighted by molar-refractivity contribution is 5.80. The van der Waals surface area contributed by atoms with Crippen LogP contribution >= 0.6 is 0 Å². The summed E-state index contributed by atoms with van der Waals surface area (Å²) in [5.74, 6) is 0.961. The molecule has 0 radical (unpaired) electrons. The molecule has 0 bridgehead atoms. The number of benzene rings is 2. The first kappa shape index (κ1) is 28.9. The van der Waals surface area contributed by atoms with Crippen LogP contribution in [0.5, 0.6) is 5.75 Å². The summed E-state index contributed by atoms with van der Waals surface area (Å²) in [5.41, 5.74) is 8.02. The molecule has 1 fully saturated rings. The Kier molecular flexibility index (Phi) is 9.71. The number of morpholine rings is 1. The predicted octanol–water partition coefficient (Wildman–Crippen LogP) is 4.47. The highest BCUT2D eigenvalue weighted by Gasteiger charge is 2.16. The lowest BCUT2D eigenvalue weighted by atomic mass is 10.0. The van der Waals surface area contributed by atoms with Crippen LogP contribution in [0.3, 0.4) is 0 Å². The van der Waals surface area contributed by atoms with Crippen LogP contribution in [0.25, 0.3) is 11.0 Å². The molecule has 0 aliphatic carbocycles. The van der Waals surface area contributed by atoms with Crippen LogP contribution in [-0.4, -0.2) is 75.6 Å². The van der Waals surface area contributed by atoms with Crippen LogP contribution in [0, 0.1) is 13.8 Å². The van der Waals surface area contributed by atoms with E-state index >= 15 is 0 Å². The monoisotopic (exact) mass is 558 g/mol. The molecule has 3 heterocycles. The minimum Gasteiger partial charge on any atom is -0.506 e. The van der Waals surface area contributed by atoms with Crippen molar-refractivity contribution in [3.05, 3.63) is 76.6 Å². The Balaban J connectivity index is 1.37. The van der Waals surface area contributed by atoms with E-state index in [1.807, 2.05) is 13.0 Å². The van der Waals surface area contributed by atoms with Crippen LogP contribution < -0.4 is 10.6 Å². The largest absolute Gasteiger partial charge is 0.506 e. The van der Waals surface area contributed by atoms with Crippen LogP contribution in [0.15, 0.2) is 48.5 Å². The van der Waals surface area contributed by atoms with Gasteiger partial charge in [-0.25, -0.2) is 4.98 Å². The lowest BCUT2D eigenvalue weighted by molar-refractivity contribution is 0.0378. The summed E-state index contributed by atoms with van der Waals surface area (Å²) in [7, 11) is 0. The van der Waals surface area contributed by atoms with E-state index in [0.29, 0.717) is 18.8 Å². The van der Waals surface area contributed by atoms with Gasteiger partial charge in [0.25, 0.3) is 0 Å². The highest BCUT2D eigenvalue weighted by Crippen LogP contribution is 2.26. The van der Waals surface area contributed by atoms with E-state index in [9.17, 15) is 10.2 Å². The molecule has 41 heavy (non-hydrogen) atoms. The predicted molar refractivity (Wildman–Crippen MR) is 164 cm³/mol. The van der Waals surface area contributed by atoms with Gasteiger partial charge in [0.1, 0.15) is 11.4 Å². The van der Waals surface area contributed by atoms with E-state index < -0.39 is 0 Å². The Morgan fingerprint density at radius 2 is 1.80 bits per heavy atom. The number of rotatable bonds is 13. The standard InChI is InChI=1S/C32H42N6O3/c1-23-6-9-26(5-3-16-39)28(19-23)34-21-25-8-10-27-30(20-25)38(22-29-31(40)11-7-24(2)35-29)32(36-27)33-12-4-13-37-14-17-41-18-15-37/h6-11,19-20,34,39-40H,3-5,12-18,21-22H2,1-2H3,(H,33,36). The van der Waals surface area contributed by atoms with E-state index in [1.54, 1.807) is 6.07 Å². The van der Waals surface area contributed by atoms with Gasteiger partial charge in [0.2, 0.25) is 5.95 Å². The van der Waals surface area contributed by atoms with Crippen LogP contribution in [0.1, 0.15) is 40.9 Å². The van der Waals surface area contributed by atoms with Crippen molar-refractivity contribution in [2.45, 2.75) is 46.2 Å². The molecule has 2 aromatic carbocycles. The Morgan fingerprint density at radius 3 is 2.63 bits per heavy atom. The zero-order valence-electron chi connectivity index (χ0n) is 24.2. The van der Waals surface area contributed by atoms with E-state index in [1.165, 1.54) is 11.1 Å². The van der Waals surface area contributed by atoms with Crippen molar-refractivity contribution >= 4 is 22.7 Å². The fourth-order valence-electron chi connectivity index (χ4n) is 5.31. The van der Waals surface area contributed by atoms with E-state index in [2.05, 4.69) is 68.4 Å². The van der Waals surface area contributed by atoms with Gasteiger partial charge in [-0.1, -0.05) is 18.2 Å². The van der Waals surface area contributed by atoms with Crippen molar-refractivity contribution < 1.29 is 14.9 Å². The number of aliphatic hydroxyl groups is 1. The lowest BCUT2D eigenvalue weighted by Gasteiger charge is -2.26. The zero-order valence-corrected chi connectivity index (χ0v) is 24.2. The normalized spacial score (nSPS) is 14.0. The highest BCUT2D eigenvalue weighted by atomic mass is 16.5. The number of anilines is 2. The first-order valence-corrected chi connectivity index (χ1v) is 14.6. The number of nitrogens with zero attached hydrogens (tertiary/aromatic N) is 4. The second-order valence-corrected chi connectivity index (χ2v) is 10.8. The third-order valence-electron chi connectivity index (χ3n) is 7.60. The molecular formula is C32H42N6O3. The lowest BCUT2D eigenvalue weighted by Crippen LogP contribution is -2.37. The summed E-state index contributed by atoms with van der Waals surface area (Å²) in [6.07, 6.45) is 2.57. The molecule has 1 saturated heterocycles. The van der Waals surface area contributed by atoms with Gasteiger partial charge in [0.15, 0.2) is 0 Å². The van der Waals surface area contributed by atoms with Crippen molar-refractivity contribution in [1.82, 2.24) is 19.4 Å². The van der Waals surface area contributed by atoms with Gasteiger partial charge in [-0.05, 0) is 86.7 Å². The minimum atomic E-state index is 0.183. The zero-order chi connectivity index (χ0) is 28.6. The molecule has 1 aliphatic rings. The number of hydrogen-bond acceptors (Lipinski definition) is 8. The number of aliphatic hydroxyl groups excluding tert-OH is 1. The summed E-state index contributed by atoms with van der Waals surface area (Å²) < 4.78 is 7.59. The number of fused-ring (bicyclic) bond motifs is 1. The molecule has 5 rings (SSSR count). The number of aryl methyl sites for hydroxylation is 3. The second kappa shape index (κ2) is 13.8. The smallest absolute Gasteiger partial charge is 0.204 e. The Hall–Kier alpha value is -3.66. The third-order valence-corrected chi connectivity index (χ3v) is 7.60. The number of nitrogens with one attached hydrogen (secondary N) is 2. The van der Waals surface area contributed by atoms with E-state index in [4.69, 9.17) is 9.72 Å². The molecular weight excluding hydrogens is 516 g/mol. The average Bonchev–Trinajstić information content (AvgIpc) is 3.32. The molecule has 4 aromatic rings. The van der Waals surface area contributed by atoms with Crippen molar-refractivity contribution in [2.24, 2.45) is 0 Å². The molecule has 0 unspecified atom stereocenters. The molecule has 0 saturated carbocycles. The number of hydrogen-bond donors (Lipinski definition) is 4. The van der Waals surface area contributed by atoms with E-state index in [0.717, 1.165) is 92.6 Å². The molecule has 0 atom stereocenters. The third kappa shape index (κ3) is 7.55. The Morgan fingerprint density at radius 1 is 0.951 bits per heavy atom. The SMILES string of the molecule is Cc1ccc(CCCO)c(NCc2ccc3nc(NCCCN4CCOCC4)n(Cc4nc(C)ccc4O)c3c2)c1. The molecule has 9 heteroatoms. The van der Waals surface area contributed by atoms with Crippen LogP contribution in [0.2, 0.25) is 0 Å². The van der Waals surface area contributed by atoms with E-state index in [-0.39, 0.29) is 12.4 Å². The molecule has 4 N–H and O–H groups in total. The Labute approximate surface area is 242 Å². The van der Waals surface area contributed by atoms with Crippen molar-refractivity contribution in [3.8, 4) is 5.75 Å². The quantitative estimate of drug-likeness (QED) is 0.178. The van der Waals surface area contributed by atoms with Gasteiger partial charge >= 0.3 is 0 Å². The topological polar surface area (TPSA) is 108 Å².